The van der Waals surface area contributed by atoms with E-state index in [0.29, 0.717) is 38.6 Å². The molecule has 266 valence electrons. The zero-order chi connectivity index (χ0) is 34.8. The number of carbonyl (C=O) groups excluding carboxylic acids is 1. The predicted octanol–water partition coefficient (Wildman–Crippen LogP) is 5.74. The van der Waals surface area contributed by atoms with Gasteiger partial charge in [-0.1, -0.05) is 87.5 Å². The number of fused-ring (bicyclic) bond motifs is 1. The molecule has 2 bridgehead atoms. The molecular formula is C42H53NO6Si. The second kappa shape index (κ2) is 12.6. The molecule has 2 aliphatic heterocycles. The van der Waals surface area contributed by atoms with E-state index in [-0.39, 0.29) is 29.4 Å². The first-order valence-corrected chi connectivity index (χ1v) is 20.8. The van der Waals surface area contributed by atoms with Crippen LogP contribution in [0.15, 0.2) is 78.9 Å². The van der Waals surface area contributed by atoms with Gasteiger partial charge in [-0.3, -0.25) is 9.69 Å². The van der Waals surface area contributed by atoms with Crippen LogP contribution < -0.4 is 14.8 Å². The number of ether oxygens (including phenoxy) is 3. The van der Waals surface area contributed by atoms with Crippen molar-refractivity contribution in [1.29, 1.82) is 0 Å². The summed E-state index contributed by atoms with van der Waals surface area (Å²) in [6, 6.07) is 28.2. The van der Waals surface area contributed by atoms with E-state index in [2.05, 4.69) is 105 Å². The highest BCUT2D eigenvalue weighted by Gasteiger charge is 2.71. The Labute approximate surface area is 298 Å². The zero-order valence-corrected chi connectivity index (χ0v) is 31.2. The molecule has 0 radical (unpaired) electrons. The molecule has 4 fully saturated rings. The molecule has 8 rings (SSSR count). The Morgan fingerprint density at radius 3 is 2.24 bits per heavy atom. The molecule has 1 N–H and O–H groups in total. The molecule has 2 saturated heterocycles. The van der Waals surface area contributed by atoms with Gasteiger partial charge in [0.15, 0.2) is 5.79 Å². The van der Waals surface area contributed by atoms with Crippen molar-refractivity contribution in [3.05, 3.63) is 90.0 Å². The van der Waals surface area contributed by atoms with Crippen LogP contribution in [-0.4, -0.2) is 74.6 Å². The van der Waals surface area contributed by atoms with Crippen molar-refractivity contribution < 1.29 is 28.5 Å². The predicted molar refractivity (Wildman–Crippen MR) is 196 cm³/mol. The molecule has 2 heterocycles. The molecule has 2 saturated carbocycles. The first-order chi connectivity index (χ1) is 24.0. The van der Waals surface area contributed by atoms with Crippen LogP contribution in [0.1, 0.15) is 77.3 Å². The van der Waals surface area contributed by atoms with Gasteiger partial charge in [-0.05, 0) is 90.2 Å². The summed E-state index contributed by atoms with van der Waals surface area (Å²) in [5.41, 5.74) is 0.741. The summed E-state index contributed by atoms with van der Waals surface area (Å²) in [4.78, 5) is 15.6. The summed E-state index contributed by atoms with van der Waals surface area (Å²) in [5, 5.41) is 15.7. The van der Waals surface area contributed by atoms with Gasteiger partial charge in [0.1, 0.15) is 5.75 Å². The van der Waals surface area contributed by atoms with Crippen LogP contribution in [0.5, 0.6) is 5.75 Å². The van der Waals surface area contributed by atoms with Crippen molar-refractivity contribution in [1.82, 2.24) is 4.90 Å². The number of aliphatic hydroxyl groups is 1. The Bertz CT molecular complexity index is 1660. The standard InChI is InChI=1S/C42H53NO6Si/c1-5-46-38(44)25-32-27-41(45)37-24-31-18-19-33(49-50(39(2,3)4,34-12-8-6-9-13-34)35-14-10-7-11-15-35)26-36(31)40(41,29-42(32)47-22-23-48-42)20-21-43(37)28-30-16-17-30/h6-15,18-19,26,30,32,37,45H,5,16-17,20-25,27-29H2,1-4H3/t32-,37+,40+,41+/m0/s1. The maximum Gasteiger partial charge on any atom is 0.319 e. The minimum Gasteiger partial charge on any atom is -0.534 e. The average Bonchev–Trinajstić information content (AvgIpc) is 3.80. The number of benzene rings is 3. The largest absolute Gasteiger partial charge is 0.534 e. The normalized spacial score (nSPS) is 28.9. The highest BCUT2D eigenvalue weighted by Crippen LogP contribution is 2.64. The van der Waals surface area contributed by atoms with E-state index in [1.165, 1.54) is 28.8 Å². The van der Waals surface area contributed by atoms with Crippen LogP contribution in [0, 0.1) is 11.8 Å². The quantitative estimate of drug-likeness (QED) is 0.226. The lowest BCUT2D eigenvalue weighted by Gasteiger charge is -2.67. The van der Waals surface area contributed by atoms with E-state index >= 15 is 0 Å². The topological polar surface area (TPSA) is 77.5 Å². The molecule has 0 unspecified atom stereocenters. The van der Waals surface area contributed by atoms with Gasteiger partial charge in [0.2, 0.25) is 0 Å². The van der Waals surface area contributed by atoms with Gasteiger partial charge in [-0.25, -0.2) is 0 Å². The SMILES string of the molecule is CCOC(=O)C[C@H]1C[C@@]2(O)[C@H]3Cc4ccc(O[Si](c5ccccc5)(c5ccccc5)C(C)(C)C)cc4[C@@]2(CCN3CC2CC2)CC12OCCO2. The van der Waals surface area contributed by atoms with Crippen molar-refractivity contribution in [3.63, 3.8) is 0 Å². The molecule has 1 spiro atoms. The summed E-state index contributed by atoms with van der Waals surface area (Å²) in [5.74, 6) is 0.0357. The summed E-state index contributed by atoms with van der Waals surface area (Å²) >= 11 is 0. The number of nitrogens with zero attached hydrogens (tertiary/aromatic N) is 1. The Morgan fingerprint density at radius 1 is 0.980 bits per heavy atom. The van der Waals surface area contributed by atoms with E-state index in [1.807, 2.05) is 6.92 Å². The Kier molecular flexibility index (Phi) is 8.58. The molecular weight excluding hydrogens is 643 g/mol. The summed E-state index contributed by atoms with van der Waals surface area (Å²) < 4.78 is 26.2. The molecule has 3 aliphatic carbocycles. The minimum absolute atomic E-state index is 0.0451. The van der Waals surface area contributed by atoms with Crippen LogP contribution in [0.3, 0.4) is 0 Å². The van der Waals surface area contributed by atoms with Crippen molar-refractivity contribution in [2.45, 2.75) is 101 Å². The minimum atomic E-state index is -2.90. The maximum atomic E-state index is 13.4. The lowest BCUT2D eigenvalue weighted by atomic mass is 9.46. The number of hydrogen-bond acceptors (Lipinski definition) is 7. The summed E-state index contributed by atoms with van der Waals surface area (Å²) in [6.07, 6.45) is 5.20. The summed E-state index contributed by atoms with van der Waals surface area (Å²) in [6.45, 7) is 12.0. The van der Waals surface area contributed by atoms with Gasteiger partial charge < -0.3 is 23.7 Å². The van der Waals surface area contributed by atoms with Crippen molar-refractivity contribution >= 4 is 24.7 Å². The van der Waals surface area contributed by atoms with Crippen molar-refractivity contribution in [3.8, 4) is 5.75 Å². The van der Waals surface area contributed by atoms with Crippen LogP contribution in [0.4, 0.5) is 0 Å². The van der Waals surface area contributed by atoms with Crippen molar-refractivity contribution in [2.24, 2.45) is 11.8 Å². The lowest BCUT2D eigenvalue weighted by molar-refractivity contribution is -0.287. The van der Waals surface area contributed by atoms with Gasteiger partial charge >= 0.3 is 14.3 Å². The van der Waals surface area contributed by atoms with E-state index in [1.54, 1.807) is 0 Å². The third-order valence-electron chi connectivity index (χ3n) is 12.8. The third kappa shape index (κ3) is 5.40. The average molecular weight is 696 g/mol. The summed E-state index contributed by atoms with van der Waals surface area (Å²) in [7, 11) is -2.90. The smallest absolute Gasteiger partial charge is 0.319 e. The molecule has 3 aromatic rings. The Balaban J connectivity index is 1.26. The monoisotopic (exact) mass is 695 g/mol. The molecule has 0 aromatic heterocycles. The van der Waals surface area contributed by atoms with Gasteiger partial charge in [-0.2, -0.15) is 0 Å². The Hall–Kier alpha value is -3.01. The fraction of sp³-hybridized carbons (Fsp3) is 0.548. The van der Waals surface area contributed by atoms with Gasteiger partial charge in [0, 0.05) is 30.3 Å². The van der Waals surface area contributed by atoms with E-state index < -0.39 is 25.1 Å². The highest BCUT2D eigenvalue weighted by atomic mass is 28.4. The van der Waals surface area contributed by atoms with Crippen LogP contribution >= 0.6 is 0 Å². The molecule has 5 aliphatic rings. The van der Waals surface area contributed by atoms with Crippen LogP contribution in [0.25, 0.3) is 0 Å². The number of carbonyl (C=O) groups is 1. The number of esters is 1. The fourth-order valence-electron chi connectivity index (χ4n) is 10.3. The first kappa shape index (κ1) is 34.1. The first-order valence-electron chi connectivity index (χ1n) is 18.9. The molecule has 3 aromatic carbocycles. The van der Waals surface area contributed by atoms with Crippen molar-refractivity contribution in [2.75, 3.05) is 32.9 Å². The molecule has 7 nitrogen and oxygen atoms in total. The maximum absolute atomic E-state index is 13.4. The van der Waals surface area contributed by atoms with Gasteiger partial charge in [-0.15, -0.1) is 0 Å². The molecule has 0 amide bonds. The van der Waals surface area contributed by atoms with Crippen LogP contribution in [-0.2, 0) is 30.8 Å². The third-order valence-corrected chi connectivity index (χ3v) is 17.7. The second-order valence-corrected chi connectivity index (χ2v) is 20.8. The number of likely N-dealkylation sites (tertiary alicyclic amines) is 1. The second-order valence-electron chi connectivity index (χ2n) is 16.6. The molecule has 8 heteroatoms. The molecule has 50 heavy (non-hydrogen) atoms. The van der Waals surface area contributed by atoms with E-state index in [0.717, 1.165) is 37.2 Å². The highest BCUT2D eigenvalue weighted by molar-refractivity contribution is 7.00. The zero-order valence-electron chi connectivity index (χ0n) is 30.2. The molecule has 4 atom stereocenters. The van der Waals surface area contributed by atoms with E-state index in [9.17, 15) is 9.90 Å². The van der Waals surface area contributed by atoms with Crippen LogP contribution in [0.2, 0.25) is 5.04 Å². The Morgan fingerprint density at radius 2 is 1.64 bits per heavy atom. The fourth-order valence-corrected chi connectivity index (χ4v) is 14.8. The number of hydrogen-bond donors (Lipinski definition) is 1. The number of rotatable bonds is 9. The number of piperidine rings is 1. The van der Waals surface area contributed by atoms with Gasteiger partial charge in [0.05, 0.1) is 31.8 Å². The van der Waals surface area contributed by atoms with E-state index in [4.69, 9.17) is 18.6 Å². The van der Waals surface area contributed by atoms with Gasteiger partial charge in [0.25, 0.3) is 0 Å². The lowest BCUT2D eigenvalue weighted by Crippen LogP contribution is -2.76.